The molecule has 6 nitrogen and oxygen atoms in total. The number of thiazole rings is 1. The number of rotatable bonds is 4. The maximum atomic E-state index is 12.7. The predicted octanol–water partition coefficient (Wildman–Crippen LogP) is 4.97. The van der Waals surface area contributed by atoms with E-state index < -0.39 is 12.4 Å². The number of fused-ring (bicyclic) bond motifs is 1. The molecule has 1 unspecified atom stereocenters. The van der Waals surface area contributed by atoms with E-state index in [0.717, 1.165) is 0 Å². The molecule has 1 amide bonds. The summed E-state index contributed by atoms with van der Waals surface area (Å²) in [6.45, 7) is 1.67. The molecule has 0 spiro atoms. The number of carbonyl (C=O) groups is 2. The molecule has 156 valence electrons. The van der Waals surface area contributed by atoms with Crippen molar-refractivity contribution in [1.29, 1.82) is 0 Å². The first-order valence-electron chi connectivity index (χ1n) is 9.05. The Morgan fingerprint density at radius 3 is 2.87 bits per heavy atom. The van der Waals surface area contributed by atoms with Gasteiger partial charge in [-0.1, -0.05) is 11.3 Å². The third-order valence-corrected chi connectivity index (χ3v) is 5.73. The number of nitrogens with zero attached hydrogens (tertiary/aromatic N) is 2. The van der Waals surface area contributed by atoms with Gasteiger partial charge in [0.05, 0.1) is 10.6 Å². The average Bonchev–Trinajstić information content (AvgIpc) is 3.31. The Morgan fingerprint density at radius 1 is 1.33 bits per heavy atom. The quantitative estimate of drug-likeness (QED) is 0.628. The van der Waals surface area contributed by atoms with E-state index in [-0.39, 0.29) is 17.4 Å². The lowest BCUT2D eigenvalue weighted by molar-refractivity contribution is -0.274. The SMILES string of the molecule is Cc1cc(OC(F)(F)F)ccc1-c1cnc(NC(=O)C2CCC(=O)c3cccn32)s1. The zero-order valence-corrected chi connectivity index (χ0v) is 16.5. The molecule has 4 rings (SSSR count). The molecule has 3 heterocycles. The van der Waals surface area contributed by atoms with Crippen LogP contribution in [0.15, 0.2) is 42.7 Å². The fraction of sp³-hybridized carbons (Fsp3) is 0.250. The van der Waals surface area contributed by atoms with Crippen molar-refractivity contribution in [3.8, 4) is 16.2 Å². The number of ketones is 1. The summed E-state index contributed by atoms with van der Waals surface area (Å²) in [5.74, 6) is -0.559. The first-order chi connectivity index (χ1) is 14.2. The highest BCUT2D eigenvalue weighted by Crippen LogP contribution is 2.35. The van der Waals surface area contributed by atoms with Gasteiger partial charge in [-0.15, -0.1) is 13.2 Å². The number of benzene rings is 1. The Kier molecular flexibility index (Phi) is 5.10. The van der Waals surface area contributed by atoms with E-state index in [1.165, 1.54) is 29.5 Å². The minimum Gasteiger partial charge on any atom is -0.406 e. The van der Waals surface area contributed by atoms with Gasteiger partial charge in [-0.3, -0.25) is 9.59 Å². The van der Waals surface area contributed by atoms with Gasteiger partial charge in [0.1, 0.15) is 11.8 Å². The van der Waals surface area contributed by atoms with Crippen LogP contribution < -0.4 is 10.1 Å². The molecule has 0 saturated carbocycles. The summed E-state index contributed by atoms with van der Waals surface area (Å²) in [7, 11) is 0. The maximum Gasteiger partial charge on any atom is 0.573 e. The summed E-state index contributed by atoms with van der Waals surface area (Å²) in [5.41, 5.74) is 1.79. The molecule has 1 atom stereocenters. The van der Waals surface area contributed by atoms with Gasteiger partial charge < -0.3 is 14.6 Å². The lowest BCUT2D eigenvalue weighted by atomic mass is 10.0. The zero-order valence-electron chi connectivity index (χ0n) is 15.7. The Balaban J connectivity index is 1.49. The number of alkyl halides is 3. The first-order valence-corrected chi connectivity index (χ1v) is 9.86. The van der Waals surface area contributed by atoms with Gasteiger partial charge in [0, 0.05) is 18.8 Å². The Morgan fingerprint density at radius 2 is 2.13 bits per heavy atom. The highest BCUT2D eigenvalue weighted by atomic mass is 32.1. The minimum absolute atomic E-state index is 0.00834. The number of anilines is 1. The van der Waals surface area contributed by atoms with E-state index in [0.29, 0.717) is 39.7 Å². The number of aromatic nitrogens is 2. The van der Waals surface area contributed by atoms with Gasteiger partial charge >= 0.3 is 6.36 Å². The van der Waals surface area contributed by atoms with Crippen molar-refractivity contribution in [1.82, 2.24) is 9.55 Å². The van der Waals surface area contributed by atoms with Gasteiger partial charge in [-0.25, -0.2) is 4.98 Å². The largest absolute Gasteiger partial charge is 0.573 e. The molecule has 0 aliphatic carbocycles. The van der Waals surface area contributed by atoms with Crippen LogP contribution in [-0.2, 0) is 4.79 Å². The van der Waals surface area contributed by atoms with Gasteiger partial charge in [-0.2, -0.15) is 0 Å². The number of hydrogen-bond donors (Lipinski definition) is 1. The molecule has 2 aromatic heterocycles. The molecule has 1 N–H and O–H groups in total. The topological polar surface area (TPSA) is 73.2 Å². The molecule has 30 heavy (non-hydrogen) atoms. The summed E-state index contributed by atoms with van der Waals surface area (Å²) in [5, 5.41) is 3.14. The smallest absolute Gasteiger partial charge is 0.406 e. The van der Waals surface area contributed by atoms with Gasteiger partial charge in [0.2, 0.25) is 5.91 Å². The minimum atomic E-state index is -4.75. The van der Waals surface area contributed by atoms with Gasteiger partial charge in [0.25, 0.3) is 0 Å². The fourth-order valence-electron chi connectivity index (χ4n) is 3.45. The Labute approximate surface area is 173 Å². The van der Waals surface area contributed by atoms with Crippen molar-refractivity contribution >= 4 is 28.2 Å². The number of carbonyl (C=O) groups excluding carboxylic acids is 2. The van der Waals surface area contributed by atoms with Crippen LogP contribution in [0.1, 0.15) is 34.9 Å². The molecule has 0 saturated heterocycles. The zero-order chi connectivity index (χ0) is 21.5. The lowest BCUT2D eigenvalue weighted by Crippen LogP contribution is -2.31. The molecule has 1 aromatic carbocycles. The van der Waals surface area contributed by atoms with Crippen molar-refractivity contribution in [2.24, 2.45) is 0 Å². The number of Topliss-reactive ketones (excluding diaryl/α,β-unsaturated/α-hetero) is 1. The number of ether oxygens (including phenoxy) is 1. The van der Waals surface area contributed by atoms with Crippen LogP contribution in [0.5, 0.6) is 5.75 Å². The van der Waals surface area contributed by atoms with Crippen molar-refractivity contribution < 1.29 is 27.5 Å². The van der Waals surface area contributed by atoms with E-state index >= 15 is 0 Å². The second kappa shape index (κ2) is 7.60. The third-order valence-electron chi connectivity index (χ3n) is 4.78. The number of aryl methyl sites for hydroxylation is 1. The monoisotopic (exact) mass is 435 g/mol. The summed E-state index contributed by atoms with van der Waals surface area (Å²) >= 11 is 1.21. The summed E-state index contributed by atoms with van der Waals surface area (Å²) in [6, 6.07) is 6.98. The van der Waals surface area contributed by atoms with Crippen LogP contribution in [-0.4, -0.2) is 27.6 Å². The normalized spacial score (nSPS) is 16.3. The van der Waals surface area contributed by atoms with Crippen LogP contribution in [0.3, 0.4) is 0 Å². The molecule has 3 aromatic rings. The summed E-state index contributed by atoms with van der Waals surface area (Å²) < 4.78 is 42.7. The lowest BCUT2D eigenvalue weighted by Gasteiger charge is -2.24. The Bertz CT molecular complexity index is 1120. The molecule has 0 radical (unpaired) electrons. The maximum absolute atomic E-state index is 12.7. The van der Waals surface area contributed by atoms with Crippen LogP contribution in [0.2, 0.25) is 0 Å². The number of halogens is 3. The number of hydrogen-bond acceptors (Lipinski definition) is 5. The van der Waals surface area contributed by atoms with E-state index in [4.69, 9.17) is 0 Å². The second-order valence-corrected chi connectivity index (χ2v) is 7.85. The molecule has 1 aliphatic rings. The van der Waals surface area contributed by atoms with Crippen LogP contribution >= 0.6 is 11.3 Å². The molecule has 0 fully saturated rings. The molecule has 0 bridgehead atoms. The molecular weight excluding hydrogens is 419 g/mol. The van der Waals surface area contributed by atoms with Crippen molar-refractivity contribution in [2.45, 2.75) is 32.2 Å². The van der Waals surface area contributed by atoms with E-state index in [9.17, 15) is 22.8 Å². The fourth-order valence-corrected chi connectivity index (χ4v) is 4.36. The highest BCUT2D eigenvalue weighted by Gasteiger charge is 2.31. The first kappa shape index (κ1) is 20.1. The molecule has 10 heteroatoms. The summed E-state index contributed by atoms with van der Waals surface area (Å²) in [6.07, 6.45) is -0.781. The van der Waals surface area contributed by atoms with Gasteiger partial charge in [0.15, 0.2) is 10.9 Å². The summed E-state index contributed by atoms with van der Waals surface area (Å²) in [4.78, 5) is 29.6. The predicted molar refractivity (Wildman–Crippen MR) is 105 cm³/mol. The highest BCUT2D eigenvalue weighted by molar-refractivity contribution is 7.19. The van der Waals surface area contributed by atoms with Crippen molar-refractivity contribution in [3.05, 3.63) is 54.0 Å². The molecule has 1 aliphatic heterocycles. The van der Waals surface area contributed by atoms with Crippen molar-refractivity contribution in [3.63, 3.8) is 0 Å². The standard InChI is InChI=1S/C20H16F3N3O3S/c1-11-9-12(29-20(21,22)23)4-5-13(11)17-10-24-19(30-17)25-18(28)15-6-7-16(27)14-3-2-8-26(14)15/h2-5,8-10,15H,6-7H2,1H3,(H,24,25,28). The van der Waals surface area contributed by atoms with E-state index in [1.807, 2.05) is 0 Å². The van der Waals surface area contributed by atoms with Crippen LogP contribution in [0.4, 0.5) is 18.3 Å². The van der Waals surface area contributed by atoms with Gasteiger partial charge in [-0.05, 0) is 54.8 Å². The van der Waals surface area contributed by atoms with Crippen LogP contribution in [0.25, 0.3) is 10.4 Å². The van der Waals surface area contributed by atoms with Crippen molar-refractivity contribution in [2.75, 3.05) is 5.32 Å². The van der Waals surface area contributed by atoms with E-state index in [1.54, 1.807) is 36.0 Å². The number of amides is 1. The second-order valence-electron chi connectivity index (χ2n) is 6.82. The Hall–Kier alpha value is -3.14. The molecular formula is C20H16F3N3O3S. The average molecular weight is 435 g/mol. The van der Waals surface area contributed by atoms with Crippen LogP contribution in [0, 0.1) is 6.92 Å². The number of nitrogens with one attached hydrogen (secondary N) is 1. The van der Waals surface area contributed by atoms with E-state index in [2.05, 4.69) is 15.0 Å². The third kappa shape index (κ3) is 4.09.